The predicted octanol–water partition coefficient (Wildman–Crippen LogP) is 30.3. The molecule has 19 aromatic carbocycles. The van der Waals surface area contributed by atoms with Crippen LogP contribution in [0.3, 0.4) is 0 Å². The van der Waals surface area contributed by atoms with Gasteiger partial charge >= 0.3 is 0 Å². The lowest BCUT2D eigenvalue weighted by Gasteiger charge is -2.15. The molecule has 13 nitrogen and oxygen atoms in total. The molecule has 0 spiro atoms. The van der Waals surface area contributed by atoms with Crippen LogP contribution in [0.1, 0.15) is 22.3 Å². The van der Waals surface area contributed by atoms with Crippen LogP contribution in [0, 0.1) is 27.7 Å². The highest BCUT2D eigenvalue weighted by Gasteiger charge is 2.28. The van der Waals surface area contributed by atoms with Crippen molar-refractivity contribution in [3.05, 3.63) is 465 Å². The molecular formula is C121H85N13. The average molecular weight is 1720 g/mol. The summed E-state index contributed by atoms with van der Waals surface area (Å²) in [4.78, 5) is 15.6. The summed E-state index contributed by atoms with van der Waals surface area (Å²) in [6, 6.07) is 158. The van der Waals surface area contributed by atoms with Gasteiger partial charge in [0.2, 0.25) is 17.3 Å². The second kappa shape index (κ2) is 31.0. The fourth-order valence-electron chi connectivity index (χ4n) is 21.3. The Kier molecular flexibility index (Phi) is 17.9. The van der Waals surface area contributed by atoms with Gasteiger partial charge in [-0.05, 0) is 244 Å². The SMILES string of the molecule is Cc1cccc(-n2c3ccccc3c3cc(-n4c5ccccc5n5c6ccccc6nc45)ccc32)c1.Cc1cccc(-n2c3ccccc3c3ccc4c(nc5n(-c6ccccc6)c6ccccc6n45)c32)c1.Cc1cccc(-n2c3ccccc3c3ccc4nc5n(-c6ccccc6)c6ccccc6n5c4c32)c1.Cc1ccccc1-c1ccccc1-n1c2ccccc2c2ccccc21. The van der Waals surface area contributed by atoms with Crippen molar-refractivity contribution in [1.82, 2.24) is 60.1 Å². The van der Waals surface area contributed by atoms with Crippen molar-refractivity contribution in [3.63, 3.8) is 0 Å². The highest BCUT2D eigenvalue weighted by atomic mass is 15.2. The summed E-state index contributed by atoms with van der Waals surface area (Å²) in [5.41, 5.74) is 38.5. The van der Waals surface area contributed by atoms with Gasteiger partial charge in [-0.15, -0.1) is 0 Å². The number of fused-ring (bicyclic) bond motifs is 29. The molecule has 0 unspecified atom stereocenters. The van der Waals surface area contributed by atoms with Gasteiger partial charge in [-0.2, -0.15) is 0 Å². The van der Waals surface area contributed by atoms with E-state index in [4.69, 9.17) is 15.0 Å². The van der Waals surface area contributed by atoms with Crippen LogP contribution in [0.25, 0.3) is 222 Å². The van der Waals surface area contributed by atoms with E-state index in [2.05, 4.69) is 510 Å². The zero-order valence-corrected chi connectivity index (χ0v) is 74.0. The molecule has 13 heteroatoms. The number of benzene rings is 19. The molecule has 634 valence electrons. The first-order valence-corrected chi connectivity index (χ1v) is 45.7. The molecular weight excluding hydrogens is 1640 g/mol. The number of nitrogens with zero attached hydrogens (tertiary/aromatic N) is 13. The molecule has 10 heterocycles. The van der Waals surface area contributed by atoms with Crippen molar-refractivity contribution in [2.75, 3.05) is 0 Å². The standard InChI is InChI=1S/3C32H22N4.C25H19N/c1-21-9-8-10-22(19-21)34-27-13-4-2-11-24(27)25-20-23(17-18-28(25)34)35-30-15-6-7-16-31(30)36-29-14-5-3-12-26(29)33-32(35)36;1-21-10-9-13-23(20-21)34-27-15-6-5-14-24(27)25-18-19-26-31(30(25)34)36-29-17-8-7-16-28(29)35(32(36)33-26)22-11-3-2-4-12-22;1-21-10-9-13-23(20-21)34-26-15-6-5-14-24(26)25-18-19-29-30(31(25)34)33-32-35(22-11-3-2-4-12-22)27-16-7-8-17-28(27)36(29)32;1-18-10-2-3-11-19(18)20-12-4-7-15-23(20)26-24-16-8-5-13-21(24)22-14-6-9-17-25(22)26/h3*2-20H,1H3;2-17H,1H3. The summed E-state index contributed by atoms with van der Waals surface area (Å²) < 4.78 is 23.3. The van der Waals surface area contributed by atoms with Gasteiger partial charge in [0.25, 0.3) is 0 Å². The summed E-state index contributed by atoms with van der Waals surface area (Å²) in [6.07, 6.45) is 0. The van der Waals surface area contributed by atoms with E-state index in [1.54, 1.807) is 0 Å². The Bertz CT molecular complexity index is 9700. The Hall–Kier alpha value is -17.8. The van der Waals surface area contributed by atoms with E-state index in [-0.39, 0.29) is 0 Å². The molecule has 0 aliphatic rings. The number of aryl methyl sites for hydroxylation is 4. The summed E-state index contributed by atoms with van der Waals surface area (Å²) >= 11 is 0. The number of para-hydroxylation sites is 16. The van der Waals surface area contributed by atoms with Gasteiger partial charge in [0, 0.05) is 82.8 Å². The predicted molar refractivity (Wildman–Crippen MR) is 557 cm³/mol. The largest absolute Gasteiger partial charge is 0.309 e. The highest BCUT2D eigenvalue weighted by molar-refractivity contribution is 6.21. The first kappa shape index (κ1) is 77.3. The van der Waals surface area contributed by atoms with Crippen LogP contribution in [-0.2, 0) is 0 Å². The summed E-state index contributed by atoms with van der Waals surface area (Å²) in [5.74, 6) is 2.77. The molecule has 29 rings (SSSR count). The van der Waals surface area contributed by atoms with Crippen LogP contribution in [0.15, 0.2) is 443 Å². The van der Waals surface area contributed by atoms with E-state index in [0.717, 1.165) is 117 Å². The zero-order valence-electron chi connectivity index (χ0n) is 74.0. The van der Waals surface area contributed by atoms with Gasteiger partial charge in [-0.3, -0.25) is 26.9 Å². The Morgan fingerprint density at radius 1 is 0.172 bits per heavy atom. The Labute approximate surface area is 769 Å². The molecule has 134 heavy (non-hydrogen) atoms. The normalized spacial score (nSPS) is 11.9. The van der Waals surface area contributed by atoms with Gasteiger partial charge in [-0.25, -0.2) is 15.0 Å². The third kappa shape index (κ3) is 12.1. The summed E-state index contributed by atoms with van der Waals surface area (Å²) in [5, 5.41) is 10.0. The smallest absolute Gasteiger partial charge is 0.220 e. The average Bonchev–Trinajstić information content (AvgIpc) is 1.54. The van der Waals surface area contributed by atoms with E-state index in [0.29, 0.717) is 0 Å². The fraction of sp³-hybridized carbons (Fsp3) is 0.0331. The Balaban J connectivity index is 0.0000000939. The maximum atomic E-state index is 5.37. The van der Waals surface area contributed by atoms with Crippen LogP contribution in [0.5, 0.6) is 0 Å². The lowest BCUT2D eigenvalue weighted by atomic mass is 9.99. The van der Waals surface area contributed by atoms with Crippen LogP contribution >= 0.6 is 0 Å². The topological polar surface area (TPSA) is 86.4 Å². The highest BCUT2D eigenvalue weighted by Crippen LogP contribution is 2.45. The van der Waals surface area contributed by atoms with E-state index >= 15 is 0 Å². The van der Waals surface area contributed by atoms with Crippen LogP contribution < -0.4 is 0 Å². The van der Waals surface area contributed by atoms with Gasteiger partial charge in [0.1, 0.15) is 5.52 Å². The van der Waals surface area contributed by atoms with E-state index < -0.39 is 0 Å². The molecule has 0 saturated heterocycles. The monoisotopic (exact) mass is 1720 g/mol. The number of imidazole rings is 6. The third-order valence-corrected chi connectivity index (χ3v) is 27.0. The molecule has 0 saturated carbocycles. The molecule has 0 bridgehead atoms. The van der Waals surface area contributed by atoms with E-state index in [1.807, 2.05) is 6.07 Å². The molecule has 0 amide bonds. The van der Waals surface area contributed by atoms with Crippen LogP contribution in [0.2, 0.25) is 0 Å². The zero-order chi connectivity index (χ0) is 88.9. The Morgan fingerprint density at radius 3 is 1.07 bits per heavy atom. The van der Waals surface area contributed by atoms with Crippen LogP contribution in [-0.4, -0.2) is 60.1 Å². The quantitative estimate of drug-likeness (QED) is 0.152. The van der Waals surface area contributed by atoms with Crippen molar-refractivity contribution in [2.24, 2.45) is 0 Å². The molecule has 0 aliphatic heterocycles. The van der Waals surface area contributed by atoms with Gasteiger partial charge in [0.05, 0.1) is 111 Å². The van der Waals surface area contributed by atoms with Crippen molar-refractivity contribution >= 4 is 171 Å². The second-order valence-corrected chi connectivity index (χ2v) is 35.0. The number of aromatic nitrogens is 13. The summed E-state index contributed by atoms with van der Waals surface area (Å²) in [7, 11) is 0. The van der Waals surface area contributed by atoms with Gasteiger partial charge < -0.3 is 18.3 Å². The van der Waals surface area contributed by atoms with Gasteiger partial charge in [-0.1, -0.05) is 255 Å². The van der Waals surface area contributed by atoms with E-state index in [9.17, 15) is 0 Å². The molecule has 29 aromatic rings. The summed E-state index contributed by atoms with van der Waals surface area (Å²) in [6.45, 7) is 8.62. The van der Waals surface area contributed by atoms with Crippen LogP contribution in [0.4, 0.5) is 0 Å². The molecule has 10 aromatic heterocycles. The third-order valence-electron chi connectivity index (χ3n) is 27.0. The minimum absolute atomic E-state index is 0.922. The molecule has 0 N–H and O–H groups in total. The van der Waals surface area contributed by atoms with E-state index in [1.165, 1.54) is 126 Å². The molecule has 0 atom stereocenters. The minimum atomic E-state index is 0.922. The fourth-order valence-corrected chi connectivity index (χ4v) is 21.3. The minimum Gasteiger partial charge on any atom is -0.309 e. The second-order valence-electron chi connectivity index (χ2n) is 35.0. The lowest BCUT2D eigenvalue weighted by Crippen LogP contribution is -1.97. The van der Waals surface area contributed by atoms with Crippen molar-refractivity contribution in [1.29, 1.82) is 0 Å². The number of hydrogen-bond acceptors (Lipinski definition) is 3. The lowest BCUT2D eigenvalue weighted by molar-refractivity contribution is 1.11. The molecule has 0 aliphatic carbocycles. The number of rotatable bonds is 8. The van der Waals surface area contributed by atoms with Crippen molar-refractivity contribution in [2.45, 2.75) is 27.7 Å². The first-order chi connectivity index (χ1) is 66.2. The maximum Gasteiger partial charge on any atom is 0.220 e. The molecule has 0 fully saturated rings. The number of hydrogen-bond donors (Lipinski definition) is 0. The molecule has 0 radical (unpaired) electrons. The first-order valence-electron chi connectivity index (χ1n) is 45.7. The van der Waals surface area contributed by atoms with Gasteiger partial charge in [0.15, 0.2) is 0 Å². The van der Waals surface area contributed by atoms with Crippen molar-refractivity contribution < 1.29 is 0 Å². The van der Waals surface area contributed by atoms with Crippen molar-refractivity contribution in [3.8, 4) is 50.9 Å². The maximum absolute atomic E-state index is 5.37. The Morgan fingerprint density at radius 2 is 0.522 bits per heavy atom.